The smallest absolute Gasteiger partial charge is 0.355 e. The Bertz CT molecular complexity index is 1280. The number of ether oxygens (including phenoxy) is 2. The topological polar surface area (TPSA) is 89.1 Å². The van der Waals surface area contributed by atoms with E-state index in [4.69, 9.17) is 14.5 Å². The molecular weight excluding hydrogens is 440 g/mol. The first-order chi connectivity index (χ1) is 17.1. The molecule has 0 spiro atoms. The fourth-order valence-electron chi connectivity index (χ4n) is 3.88. The van der Waals surface area contributed by atoms with Crippen LogP contribution in [0.25, 0.3) is 22.4 Å². The highest BCUT2D eigenvalue weighted by Crippen LogP contribution is 2.37. The molecule has 0 saturated carbocycles. The average Bonchev–Trinajstić information content (AvgIpc) is 3.22. The first kappa shape index (κ1) is 24.0. The van der Waals surface area contributed by atoms with Crippen LogP contribution >= 0.6 is 0 Å². The molecule has 7 heteroatoms. The van der Waals surface area contributed by atoms with E-state index in [0.29, 0.717) is 30.5 Å². The number of carbonyl (C=O) groups excluding carboxylic acids is 1. The largest absolute Gasteiger partial charge is 0.494 e. The van der Waals surface area contributed by atoms with E-state index < -0.39 is 5.97 Å². The third kappa shape index (κ3) is 5.69. The van der Waals surface area contributed by atoms with E-state index in [2.05, 4.69) is 22.2 Å². The molecule has 4 rings (SSSR count). The maximum Gasteiger partial charge on any atom is 0.355 e. The fourth-order valence-corrected chi connectivity index (χ4v) is 3.88. The highest BCUT2D eigenvalue weighted by Gasteiger charge is 2.24. The molecule has 0 aliphatic carbocycles. The zero-order valence-electron chi connectivity index (χ0n) is 20.3. The Morgan fingerprint density at radius 2 is 1.86 bits per heavy atom. The number of H-pyrrole nitrogens is 1. The Morgan fingerprint density at radius 3 is 2.63 bits per heavy atom. The van der Waals surface area contributed by atoms with Gasteiger partial charge in [0.1, 0.15) is 11.4 Å². The molecule has 2 heterocycles. The first-order valence-electron chi connectivity index (χ1n) is 11.9. The number of benzene rings is 2. The minimum absolute atomic E-state index is 0.295. The molecule has 2 aromatic carbocycles. The number of carbonyl (C=O) groups is 1. The van der Waals surface area contributed by atoms with E-state index in [1.165, 1.54) is 0 Å². The van der Waals surface area contributed by atoms with Gasteiger partial charge in [0, 0.05) is 34.8 Å². The van der Waals surface area contributed by atoms with E-state index in [-0.39, 0.29) is 0 Å². The molecule has 0 bridgehead atoms. The van der Waals surface area contributed by atoms with Crippen LogP contribution in [0.4, 0.5) is 11.6 Å². The van der Waals surface area contributed by atoms with Gasteiger partial charge in [0.05, 0.1) is 18.9 Å². The van der Waals surface area contributed by atoms with Crippen LogP contribution in [-0.4, -0.2) is 34.1 Å². The molecule has 0 aliphatic rings. The van der Waals surface area contributed by atoms with Gasteiger partial charge >= 0.3 is 5.97 Å². The molecular formula is C28H30N4O3. The van der Waals surface area contributed by atoms with Gasteiger partial charge in [0.2, 0.25) is 5.95 Å². The number of esters is 1. The van der Waals surface area contributed by atoms with E-state index in [1.54, 1.807) is 13.1 Å². The minimum atomic E-state index is -0.395. The second-order valence-electron chi connectivity index (χ2n) is 8.08. The Balaban J connectivity index is 1.69. The number of rotatable bonds is 10. The van der Waals surface area contributed by atoms with Crippen molar-refractivity contribution in [2.24, 2.45) is 0 Å². The van der Waals surface area contributed by atoms with Crippen molar-refractivity contribution in [2.45, 2.75) is 33.6 Å². The van der Waals surface area contributed by atoms with Crippen LogP contribution in [0.3, 0.4) is 0 Å². The molecule has 4 aromatic rings. The summed E-state index contributed by atoms with van der Waals surface area (Å²) in [5.74, 6) is 0.852. The summed E-state index contributed by atoms with van der Waals surface area (Å²) in [6, 6.07) is 19.4. The molecule has 35 heavy (non-hydrogen) atoms. The third-order valence-corrected chi connectivity index (χ3v) is 5.50. The minimum Gasteiger partial charge on any atom is -0.494 e. The molecule has 0 aliphatic heterocycles. The SMILES string of the molecule is CCCCOc1cccc(Nc2nccc(-c3c(C)[nH]c(C(=O)OCC)c3-c3ccccc3)n2)c1. The highest BCUT2D eigenvalue weighted by atomic mass is 16.5. The Hall–Kier alpha value is -4.13. The van der Waals surface area contributed by atoms with Crippen LogP contribution in [-0.2, 0) is 4.74 Å². The number of aryl methyl sites for hydroxylation is 1. The van der Waals surface area contributed by atoms with Crippen LogP contribution in [0.5, 0.6) is 5.75 Å². The molecule has 0 atom stereocenters. The van der Waals surface area contributed by atoms with Crippen LogP contribution in [0.2, 0.25) is 0 Å². The summed E-state index contributed by atoms with van der Waals surface area (Å²) < 4.78 is 11.1. The van der Waals surface area contributed by atoms with Crippen molar-refractivity contribution in [3.63, 3.8) is 0 Å². The molecule has 7 nitrogen and oxygen atoms in total. The van der Waals surface area contributed by atoms with Crippen molar-refractivity contribution < 1.29 is 14.3 Å². The van der Waals surface area contributed by atoms with Crippen molar-refractivity contribution >= 4 is 17.6 Å². The van der Waals surface area contributed by atoms with Crippen LogP contribution < -0.4 is 10.1 Å². The van der Waals surface area contributed by atoms with Gasteiger partial charge in [-0.05, 0) is 44.0 Å². The maximum absolute atomic E-state index is 12.8. The maximum atomic E-state index is 12.8. The van der Waals surface area contributed by atoms with Gasteiger partial charge < -0.3 is 19.8 Å². The van der Waals surface area contributed by atoms with E-state index in [0.717, 1.165) is 46.7 Å². The van der Waals surface area contributed by atoms with Crippen LogP contribution in [0, 0.1) is 6.92 Å². The van der Waals surface area contributed by atoms with E-state index >= 15 is 0 Å². The predicted octanol–water partition coefficient (Wildman–Crippen LogP) is 6.55. The summed E-state index contributed by atoms with van der Waals surface area (Å²) in [4.78, 5) is 25.2. The normalized spacial score (nSPS) is 10.7. The highest BCUT2D eigenvalue weighted by molar-refractivity contribution is 6.01. The summed E-state index contributed by atoms with van der Waals surface area (Å²) in [7, 11) is 0. The number of aromatic amines is 1. The molecule has 0 fully saturated rings. The number of hydrogen-bond acceptors (Lipinski definition) is 6. The second-order valence-corrected chi connectivity index (χ2v) is 8.08. The number of aromatic nitrogens is 3. The van der Waals surface area contributed by atoms with Gasteiger partial charge in [0.15, 0.2) is 0 Å². The number of nitrogens with zero attached hydrogens (tertiary/aromatic N) is 2. The lowest BCUT2D eigenvalue weighted by atomic mass is 9.98. The summed E-state index contributed by atoms with van der Waals surface area (Å²) in [5.41, 5.74) is 5.26. The van der Waals surface area contributed by atoms with Gasteiger partial charge in [-0.25, -0.2) is 14.8 Å². The monoisotopic (exact) mass is 470 g/mol. The lowest BCUT2D eigenvalue weighted by molar-refractivity contribution is 0.0521. The molecule has 0 amide bonds. The van der Waals surface area contributed by atoms with Crippen molar-refractivity contribution in [3.05, 3.63) is 78.2 Å². The van der Waals surface area contributed by atoms with Gasteiger partial charge in [0.25, 0.3) is 0 Å². The second kappa shape index (κ2) is 11.3. The fraction of sp³-hybridized carbons (Fsp3) is 0.250. The number of anilines is 2. The quantitative estimate of drug-likeness (QED) is 0.202. The van der Waals surface area contributed by atoms with Gasteiger partial charge in [-0.2, -0.15) is 0 Å². The Kier molecular flexibility index (Phi) is 7.77. The summed E-state index contributed by atoms with van der Waals surface area (Å²) >= 11 is 0. The summed E-state index contributed by atoms with van der Waals surface area (Å²) in [5, 5.41) is 3.27. The number of nitrogens with one attached hydrogen (secondary N) is 2. The van der Waals surface area contributed by atoms with Crippen LogP contribution in [0.15, 0.2) is 66.9 Å². The molecule has 0 unspecified atom stereocenters. The van der Waals surface area contributed by atoms with Crippen molar-refractivity contribution in [3.8, 4) is 28.1 Å². The predicted molar refractivity (Wildman–Crippen MR) is 138 cm³/mol. The Labute approximate surface area is 205 Å². The van der Waals surface area contributed by atoms with Crippen molar-refractivity contribution in [1.29, 1.82) is 0 Å². The molecule has 2 N–H and O–H groups in total. The summed E-state index contributed by atoms with van der Waals surface area (Å²) in [6.45, 7) is 6.84. The lowest BCUT2D eigenvalue weighted by Gasteiger charge is -2.11. The number of hydrogen-bond donors (Lipinski definition) is 2. The zero-order valence-corrected chi connectivity index (χ0v) is 20.3. The van der Waals surface area contributed by atoms with Gasteiger partial charge in [-0.15, -0.1) is 0 Å². The molecule has 0 saturated heterocycles. The molecule has 0 radical (unpaired) electrons. The Morgan fingerprint density at radius 1 is 1.03 bits per heavy atom. The standard InChI is InChI=1S/C28H30N4O3/c1-4-6-17-35-22-14-10-13-21(18-22)31-28-29-16-15-23(32-28)24-19(3)30-26(27(33)34-5-2)25(24)20-11-8-7-9-12-20/h7-16,18,30H,4-6,17H2,1-3H3,(H,29,31,32). The molecule has 2 aromatic heterocycles. The van der Waals surface area contributed by atoms with Gasteiger partial charge in [-0.3, -0.25) is 0 Å². The van der Waals surface area contributed by atoms with E-state index in [1.807, 2.05) is 67.6 Å². The zero-order chi connectivity index (χ0) is 24.6. The van der Waals surface area contributed by atoms with Gasteiger partial charge in [-0.1, -0.05) is 49.7 Å². The summed E-state index contributed by atoms with van der Waals surface area (Å²) in [6.07, 6.45) is 3.80. The number of unbranched alkanes of at least 4 members (excludes halogenated alkanes) is 1. The van der Waals surface area contributed by atoms with Crippen molar-refractivity contribution in [1.82, 2.24) is 15.0 Å². The van der Waals surface area contributed by atoms with Crippen LogP contribution in [0.1, 0.15) is 42.9 Å². The first-order valence-corrected chi connectivity index (χ1v) is 11.9. The van der Waals surface area contributed by atoms with E-state index in [9.17, 15) is 4.79 Å². The van der Waals surface area contributed by atoms with Crippen molar-refractivity contribution in [2.75, 3.05) is 18.5 Å². The average molecular weight is 471 g/mol. The molecule has 180 valence electrons. The third-order valence-electron chi connectivity index (χ3n) is 5.50. The lowest BCUT2D eigenvalue weighted by Crippen LogP contribution is -2.06.